The topological polar surface area (TPSA) is 87.7 Å². The van der Waals surface area contributed by atoms with Crippen LogP contribution in [-0.4, -0.2) is 40.0 Å². The Bertz CT molecular complexity index is 1050. The standard InChI is InChI=1S/C29H41N3O4/c1-19-14-13-15-20(2)23(19)24(25(33)30-18-22-16-11-10-12-17-22)32(28(4,5)6)26(34)21(3)31-27(35)36-29(7,8)9/h10-17,21,24H,18H2,1-9H3,(H,30,33)(H,31,35). The van der Waals surface area contributed by atoms with Crippen molar-refractivity contribution in [1.82, 2.24) is 15.5 Å². The third kappa shape index (κ3) is 7.83. The van der Waals surface area contributed by atoms with Crippen LogP contribution in [0.25, 0.3) is 0 Å². The van der Waals surface area contributed by atoms with Crippen LogP contribution in [0.5, 0.6) is 0 Å². The summed E-state index contributed by atoms with van der Waals surface area (Å²) in [6.07, 6.45) is -0.686. The Labute approximate surface area is 215 Å². The lowest BCUT2D eigenvalue weighted by atomic mass is 9.90. The zero-order valence-corrected chi connectivity index (χ0v) is 23.1. The summed E-state index contributed by atoms with van der Waals surface area (Å²) in [7, 11) is 0. The van der Waals surface area contributed by atoms with Crippen molar-refractivity contribution >= 4 is 17.9 Å². The molecule has 2 unspecified atom stereocenters. The van der Waals surface area contributed by atoms with Crippen molar-refractivity contribution in [2.75, 3.05) is 0 Å². The molecule has 2 rings (SSSR count). The summed E-state index contributed by atoms with van der Waals surface area (Å²) in [4.78, 5) is 41.7. The van der Waals surface area contributed by atoms with Crippen LogP contribution in [0.2, 0.25) is 0 Å². The van der Waals surface area contributed by atoms with E-state index in [1.54, 1.807) is 32.6 Å². The van der Waals surface area contributed by atoms with Crippen molar-refractivity contribution < 1.29 is 19.1 Å². The summed E-state index contributed by atoms with van der Waals surface area (Å²) < 4.78 is 5.34. The van der Waals surface area contributed by atoms with Crippen LogP contribution in [0.1, 0.15) is 76.8 Å². The smallest absolute Gasteiger partial charge is 0.408 e. The molecule has 0 fully saturated rings. The lowest BCUT2D eigenvalue weighted by molar-refractivity contribution is -0.148. The molecule has 7 nitrogen and oxygen atoms in total. The molecule has 0 heterocycles. The number of alkyl carbamates (subject to hydrolysis) is 1. The summed E-state index contributed by atoms with van der Waals surface area (Å²) in [6, 6.07) is 13.6. The number of amides is 3. The fourth-order valence-corrected chi connectivity index (χ4v) is 4.12. The Morgan fingerprint density at radius 3 is 1.94 bits per heavy atom. The number of nitrogens with one attached hydrogen (secondary N) is 2. The second kappa shape index (κ2) is 11.6. The van der Waals surface area contributed by atoms with Crippen molar-refractivity contribution in [2.45, 2.75) is 92.1 Å². The quantitative estimate of drug-likeness (QED) is 0.553. The molecule has 0 radical (unpaired) electrons. The van der Waals surface area contributed by atoms with Gasteiger partial charge in [0.1, 0.15) is 17.7 Å². The largest absolute Gasteiger partial charge is 0.444 e. The number of carbonyl (C=O) groups excluding carboxylic acids is 3. The van der Waals surface area contributed by atoms with Crippen LogP contribution in [0.4, 0.5) is 4.79 Å². The molecule has 0 aromatic heterocycles. The van der Waals surface area contributed by atoms with Gasteiger partial charge < -0.3 is 20.3 Å². The molecule has 2 aromatic rings. The van der Waals surface area contributed by atoms with Crippen LogP contribution in [0.15, 0.2) is 48.5 Å². The number of nitrogens with zero attached hydrogens (tertiary/aromatic N) is 1. The minimum atomic E-state index is -0.909. The first-order valence-electron chi connectivity index (χ1n) is 12.3. The minimum absolute atomic E-state index is 0.288. The van der Waals surface area contributed by atoms with Crippen LogP contribution >= 0.6 is 0 Å². The van der Waals surface area contributed by atoms with Crippen LogP contribution in [0.3, 0.4) is 0 Å². The molecule has 0 spiro atoms. The summed E-state index contributed by atoms with van der Waals surface area (Å²) in [5.74, 6) is -0.667. The lowest BCUT2D eigenvalue weighted by Gasteiger charge is -2.43. The third-order valence-corrected chi connectivity index (χ3v) is 5.70. The van der Waals surface area contributed by atoms with Crippen molar-refractivity contribution in [3.8, 4) is 0 Å². The lowest BCUT2D eigenvalue weighted by Crippen LogP contribution is -2.58. The van der Waals surface area contributed by atoms with E-state index in [0.717, 1.165) is 22.3 Å². The van der Waals surface area contributed by atoms with Gasteiger partial charge in [-0.25, -0.2) is 4.79 Å². The molecular formula is C29H41N3O4. The van der Waals surface area contributed by atoms with Gasteiger partial charge in [0.05, 0.1) is 0 Å². The molecule has 0 aliphatic heterocycles. The highest BCUT2D eigenvalue weighted by Crippen LogP contribution is 2.33. The highest BCUT2D eigenvalue weighted by atomic mass is 16.6. The van der Waals surface area contributed by atoms with Gasteiger partial charge in [0.2, 0.25) is 11.8 Å². The number of hydrogen-bond donors (Lipinski definition) is 2. The van der Waals surface area contributed by atoms with Gasteiger partial charge in [-0.3, -0.25) is 9.59 Å². The molecule has 7 heteroatoms. The molecule has 196 valence electrons. The van der Waals surface area contributed by atoms with E-state index in [1.807, 2.05) is 83.1 Å². The molecule has 2 aromatic carbocycles. The molecule has 2 atom stereocenters. The predicted octanol–water partition coefficient (Wildman–Crippen LogP) is 5.20. The number of rotatable bonds is 7. The summed E-state index contributed by atoms with van der Waals surface area (Å²) in [5, 5.41) is 5.66. The second-order valence-corrected chi connectivity index (χ2v) is 11.2. The van der Waals surface area contributed by atoms with Crippen molar-refractivity contribution in [3.05, 3.63) is 70.8 Å². The van der Waals surface area contributed by atoms with Crippen molar-refractivity contribution in [1.29, 1.82) is 0 Å². The average Bonchev–Trinajstić information content (AvgIpc) is 2.74. The molecule has 3 amide bonds. The number of aryl methyl sites for hydroxylation is 2. The Hall–Kier alpha value is -3.35. The van der Waals surface area contributed by atoms with Gasteiger partial charge in [0.25, 0.3) is 0 Å². The minimum Gasteiger partial charge on any atom is -0.444 e. The summed E-state index contributed by atoms with van der Waals surface area (Å²) in [6.45, 7) is 16.7. The Kier molecular flexibility index (Phi) is 9.30. The Balaban J connectivity index is 2.48. The van der Waals surface area contributed by atoms with Crippen molar-refractivity contribution in [3.63, 3.8) is 0 Å². The van der Waals surface area contributed by atoms with Gasteiger partial charge in [-0.2, -0.15) is 0 Å². The van der Waals surface area contributed by atoms with Gasteiger partial charge in [-0.15, -0.1) is 0 Å². The maximum atomic E-state index is 13.9. The first kappa shape index (κ1) is 28.9. The molecule has 0 aliphatic rings. The van der Waals surface area contributed by atoms with E-state index in [-0.39, 0.29) is 11.8 Å². The van der Waals surface area contributed by atoms with E-state index in [4.69, 9.17) is 4.74 Å². The van der Waals surface area contributed by atoms with Gasteiger partial charge in [0.15, 0.2) is 0 Å². The fourth-order valence-electron chi connectivity index (χ4n) is 4.12. The van der Waals surface area contributed by atoms with Gasteiger partial charge in [0, 0.05) is 12.1 Å². The summed E-state index contributed by atoms with van der Waals surface area (Å²) >= 11 is 0. The van der Waals surface area contributed by atoms with E-state index in [1.165, 1.54) is 0 Å². The summed E-state index contributed by atoms with van der Waals surface area (Å²) in [5.41, 5.74) is 2.11. The van der Waals surface area contributed by atoms with Gasteiger partial charge in [-0.05, 0) is 84.6 Å². The van der Waals surface area contributed by atoms with E-state index in [0.29, 0.717) is 6.54 Å². The van der Waals surface area contributed by atoms with E-state index in [9.17, 15) is 14.4 Å². The number of benzene rings is 2. The zero-order chi connectivity index (χ0) is 27.3. The molecule has 36 heavy (non-hydrogen) atoms. The van der Waals surface area contributed by atoms with E-state index >= 15 is 0 Å². The highest BCUT2D eigenvalue weighted by molar-refractivity contribution is 5.92. The molecule has 0 saturated carbocycles. The number of hydrogen-bond acceptors (Lipinski definition) is 4. The Morgan fingerprint density at radius 1 is 0.889 bits per heavy atom. The SMILES string of the molecule is Cc1cccc(C)c1C(C(=O)NCc1ccccc1)N(C(=O)C(C)NC(=O)OC(C)(C)C)C(C)(C)C. The normalized spacial score (nSPS) is 13.4. The van der Waals surface area contributed by atoms with Crippen LogP contribution < -0.4 is 10.6 Å². The molecule has 0 aliphatic carbocycles. The first-order valence-corrected chi connectivity index (χ1v) is 12.3. The maximum absolute atomic E-state index is 13.9. The maximum Gasteiger partial charge on any atom is 0.408 e. The zero-order valence-electron chi connectivity index (χ0n) is 23.1. The molecule has 0 saturated heterocycles. The van der Waals surface area contributed by atoms with Gasteiger partial charge in [-0.1, -0.05) is 48.5 Å². The van der Waals surface area contributed by atoms with Gasteiger partial charge >= 0.3 is 6.09 Å². The predicted molar refractivity (Wildman–Crippen MR) is 142 cm³/mol. The number of carbonyl (C=O) groups is 3. The Morgan fingerprint density at radius 2 is 1.44 bits per heavy atom. The van der Waals surface area contributed by atoms with Crippen LogP contribution in [-0.2, 0) is 20.9 Å². The monoisotopic (exact) mass is 495 g/mol. The van der Waals surface area contributed by atoms with E-state index in [2.05, 4.69) is 10.6 Å². The second-order valence-electron chi connectivity index (χ2n) is 11.2. The molecule has 0 bridgehead atoms. The third-order valence-electron chi connectivity index (χ3n) is 5.70. The van der Waals surface area contributed by atoms with Crippen LogP contribution in [0, 0.1) is 13.8 Å². The number of ether oxygens (including phenoxy) is 1. The van der Waals surface area contributed by atoms with Crippen molar-refractivity contribution in [2.24, 2.45) is 0 Å². The molecular weight excluding hydrogens is 454 g/mol. The van der Waals surface area contributed by atoms with E-state index < -0.39 is 29.3 Å². The highest BCUT2D eigenvalue weighted by Gasteiger charge is 2.41. The average molecular weight is 496 g/mol. The first-order chi connectivity index (χ1) is 16.6. The molecule has 2 N–H and O–H groups in total. The fraction of sp³-hybridized carbons (Fsp3) is 0.483.